The monoisotopic (exact) mass is 305 g/mol. The third-order valence-electron chi connectivity index (χ3n) is 2.43. The van der Waals surface area contributed by atoms with Gasteiger partial charge in [-0.05, 0) is 30.7 Å². The fourth-order valence-electron chi connectivity index (χ4n) is 1.57. The van der Waals surface area contributed by atoms with Crippen molar-refractivity contribution < 1.29 is 9.53 Å². The van der Waals surface area contributed by atoms with Gasteiger partial charge in [0, 0.05) is 22.4 Å². The van der Waals surface area contributed by atoms with E-state index in [1.807, 2.05) is 24.3 Å². The van der Waals surface area contributed by atoms with Gasteiger partial charge in [-0.3, -0.25) is 4.98 Å². The summed E-state index contributed by atoms with van der Waals surface area (Å²) in [4.78, 5) is 15.7. The van der Waals surface area contributed by atoms with Gasteiger partial charge in [0.05, 0.1) is 12.2 Å². The van der Waals surface area contributed by atoms with Crippen LogP contribution in [0.5, 0.6) is 0 Å². The molecule has 2 aromatic rings. The second-order valence-corrected chi connectivity index (χ2v) is 4.61. The smallest absolute Gasteiger partial charge is 0.339 e. The van der Waals surface area contributed by atoms with Crippen molar-refractivity contribution in [3.63, 3.8) is 0 Å². The van der Waals surface area contributed by atoms with E-state index in [1.165, 1.54) is 6.20 Å². The van der Waals surface area contributed by atoms with E-state index in [1.54, 1.807) is 19.2 Å². The molecule has 0 radical (unpaired) electrons. The lowest BCUT2D eigenvalue weighted by atomic mass is 10.1. The Bertz CT molecular complexity index is 552. The van der Waals surface area contributed by atoms with Crippen molar-refractivity contribution in [2.45, 2.75) is 6.92 Å². The number of carbonyl (C=O) groups is 1. The number of rotatable bonds is 3. The van der Waals surface area contributed by atoms with Gasteiger partial charge in [0.15, 0.2) is 0 Å². The van der Waals surface area contributed by atoms with Crippen LogP contribution in [-0.2, 0) is 4.74 Å². The van der Waals surface area contributed by atoms with Crippen LogP contribution < -0.4 is 0 Å². The van der Waals surface area contributed by atoms with Crippen LogP contribution in [-0.4, -0.2) is 17.6 Å². The number of pyridine rings is 1. The SMILES string of the molecule is CCOC(=O)c1cncc(-c2ccc(Br)cc2)c1. The third-order valence-corrected chi connectivity index (χ3v) is 2.96. The van der Waals surface area contributed by atoms with E-state index in [9.17, 15) is 4.79 Å². The lowest BCUT2D eigenvalue weighted by Gasteiger charge is -2.05. The highest BCUT2D eigenvalue weighted by atomic mass is 79.9. The van der Waals surface area contributed by atoms with E-state index in [0.717, 1.165) is 15.6 Å². The molecule has 0 aliphatic carbocycles. The quantitative estimate of drug-likeness (QED) is 0.812. The van der Waals surface area contributed by atoms with Crippen LogP contribution in [0.2, 0.25) is 0 Å². The summed E-state index contributed by atoms with van der Waals surface area (Å²) >= 11 is 3.39. The van der Waals surface area contributed by atoms with E-state index >= 15 is 0 Å². The predicted octanol–water partition coefficient (Wildman–Crippen LogP) is 3.69. The molecule has 0 unspecified atom stereocenters. The number of benzene rings is 1. The van der Waals surface area contributed by atoms with E-state index in [4.69, 9.17) is 4.74 Å². The first kappa shape index (κ1) is 12.8. The highest BCUT2D eigenvalue weighted by molar-refractivity contribution is 9.10. The van der Waals surface area contributed by atoms with Gasteiger partial charge in [0.2, 0.25) is 0 Å². The molecule has 1 aromatic heterocycles. The molecule has 0 atom stereocenters. The van der Waals surface area contributed by atoms with Crippen LogP contribution in [0, 0.1) is 0 Å². The van der Waals surface area contributed by atoms with Gasteiger partial charge < -0.3 is 4.74 Å². The number of nitrogens with zero attached hydrogens (tertiary/aromatic N) is 1. The summed E-state index contributed by atoms with van der Waals surface area (Å²) in [5, 5.41) is 0. The maximum Gasteiger partial charge on any atom is 0.339 e. The summed E-state index contributed by atoms with van der Waals surface area (Å²) in [6.07, 6.45) is 3.24. The molecule has 1 heterocycles. The van der Waals surface area contributed by atoms with Crippen molar-refractivity contribution in [3.8, 4) is 11.1 Å². The molecule has 0 aliphatic heterocycles. The molecule has 1 aromatic carbocycles. The number of hydrogen-bond acceptors (Lipinski definition) is 3. The average Bonchev–Trinajstić information content (AvgIpc) is 2.40. The summed E-state index contributed by atoms with van der Waals surface area (Å²) in [6, 6.07) is 9.62. The van der Waals surface area contributed by atoms with Crippen molar-refractivity contribution in [2.75, 3.05) is 6.61 Å². The Hall–Kier alpha value is -1.68. The van der Waals surface area contributed by atoms with Crippen LogP contribution in [0.25, 0.3) is 11.1 Å². The molecule has 0 N–H and O–H groups in total. The third kappa shape index (κ3) is 2.96. The van der Waals surface area contributed by atoms with Crippen LogP contribution in [0.15, 0.2) is 47.2 Å². The normalized spacial score (nSPS) is 10.1. The fraction of sp³-hybridized carbons (Fsp3) is 0.143. The Kier molecular flexibility index (Phi) is 4.10. The van der Waals surface area contributed by atoms with E-state index < -0.39 is 0 Å². The zero-order chi connectivity index (χ0) is 13.0. The summed E-state index contributed by atoms with van der Waals surface area (Å²) < 4.78 is 5.97. The minimum Gasteiger partial charge on any atom is -0.462 e. The van der Waals surface area contributed by atoms with E-state index in [0.29, 0.717) is 12.2 Å². The summed E-state index contributed by atoms with van der Waals surface area (Å²) in [5.41, 5.74) is 2.38. The molecule has 18 heavy (non-hydrogen) atoms. The topological polar surface area (TPSA) is 39.2 Å². The van der Waals surface area contributed by atoms with Crippen molar-refractivity contribution >= 4 is 21.9 Å². The first-order valence-electron chi connectivity index (χ1n) is 5.59. The number of halogens is 1. The van der Waals surface area contributed by atoms with Gasteiger partial charge in [-0.2, -0.15) is 0 Å². The lowest BCUT2D eigenvalue weighted by Crippen LogP contribution is -2.05. The highest BCUT2D eigenvalue weighted by Gasteiger charge is 2.08. The molecule has 2 rings (SSSR count). The molecule has 0 saturated heterocycles. The molecule has 0 aliphatic rings. The first-order valence-corrected chi connectivity index (χ1v) is 6.38. The minimum absolute atomic E-state index is 0.344. The zero-order valence-corrected chi connectivity index (χ0v) is 11.5. The van der Waals surface area contributed by atoms with Gasteiger partial charge in [-0.25, -0.2) is 4.79 Å². The molecule has 92 valence electrons. The fourth-order valence-corrected chi connectivity index (χ4v) is 1.83. The molecule has 0 spiro atoms. The Balaban J connectivity index is 2.32. The molecule has 0 bridgehead atoms. The molecule has 0 amide bonds. The number of esters is 1. The van der Waals surface area contributed by atoms with Crippen molar-refractivity contribution in [1.82, 2.24) is 4.98 Å². The Morgan fingerprint density at radius 3 is 2.61 bits per heavy atom. The Morgan fingerprint density at radius 1 is 1.22 bits per heavy atom. The average molecular weight is 306 g/mol. The predicted molar refractivity (Wildman–Crippen MR) is 73.3 cm³/mol. The summed E-state index contributed by atoms with van der Waals surface area (Å²) in [5.74, 6) is -0.344. The molecule has 4 heteroatoms. The van der Waals surface area contributed by atoms with E-state index in [-0.39, 0.29) is 5.97 Å². The van der Waals surface area contributed by atoms with Crippen LogP contribution in [0.4, 0.5) is 0 Å². The summed E-state index contributed by atoms with van der Waals surface area (Å²) in [7, 11) is 0. The second-order valence-electron chi connectivity index (χ2n) is 3.69. The van der Waals surface area contributed by atoms with Crippen molar-refractivity contribution in [2.24, 2.45) is 0 Å². The van der Waals surface area contributed by atoms with Crippen molar-refractivity contribution in [3.05, 3.63) is 52.8 Å². The maximum absolute atomic E-state index is 11.6. The highest BCUT2D eigenvalue weighted by Crippen LogP contribution is 2.22. The van der Waals surface area contributed by atoms with Gasteiger partial charge in [-0.15, -0.1) is 0 Å². The first-order chi connectivity index (χ1) is 8.70. The molecule has 0 fully saturated rings. The maximum atomic E-state index is 11.6. The Morgan fingerprint density at radius 2 is 1.94 bits per heavy atom. The van der Waals surface area contributed by atoms with Gasteiger partial charge >= 0.3 is 5.97 Å². The molecular formula is C14H12BrNO2. The standard InChI is InChI=1S/C14H12BrNO2/c1-2-18-14(17)12-7-11(8-16-9-12)10-3-5-13(15)6-4-10/h3-9H,2H2,1H3. The molecule has 0 saturated carbocycles. The molecular weight excluding hydrogens is 294 g/mol. The largest absolute Gasteiger partial charge is 0.462 e. The van der Waals surface area contributed by atoms with Crippen LogP contribution in [0.1, 0.15) is 17.3 Å². The number of carbonyl (C=O) groups excluding carboxylic acids is 1. The number of ether oxygens (including phenoxy) is 1. The molecule has 3 nitrogen and oxygen atoms in total. The number of hydrogen-bond donors (Lipinski definition) is 0. The lowest BCUT2D eigenvalue weighted by molar-refractivity contribution is 0.0526. The summed E-state index contributed by atoms with van der Waals surface area (Å²) in [6.45, 7) is 2.14. The second kappa shape index (κ2) is 5.78. The van der Waals surface area contributed by atoms with E-state index in [2.05, 4.69) is 20.9 Å². The van der Waals surface area contributed by atoms with Gasteiger partial charge in [0.1, 0.15) is 0 Å². The van der Waals surface area contributed by atoms with Crippen LogP contribution in [0.3, 0.4) is 0 Å². The van der Waals surface area contributed by atoms with Crippen molar-refractivity contribution in [1.29, 1.82) is 0 Å². The van der Waals surface area contributed by atoms with Crippen LogP contribution >= 0.6 is 15.9 Å². The zero-order valence-electron chi connectivity index (χ0n) is 9.89. The Labute approximate surface area is 114 Å². The minimum atomic E-state index is -0.344. The van der Waals surface area contributed by atoms with Gasteiger partial charge in [0.25, 0.3) is 0 Å². The number of aromatic nitrogens is 1. The van der Waals surface area contributed by atoms with Gasteiger partial charge in [-0.1, -0.05) is 28.1 Å².